The van der Waals surface area contributed by atoms with Crippen LogP contribution in [-0.4, -0.2) is 16.4 Å². The molecule has 3 nitrogen and oxygen atoms in total. The molecule has 4 aliphatic carbocycles. The lowest BCUT2D eigenvalue weighted by Gasteiger charge is -2.60. The van der Waals surface area contributed by atoms with E-state index in [4.69, 9.17) is 11.1 Å². The van der Waals surface area contributed by atoms with Crippen LogP contribution in [0.5, 0.6) is 0 Å². The Morgan fingerprint density at radius 2 is 1.55 bits per heavy atom. The number of nitrogens with zero attached hydrogens (tertiary/aromatic N) is 1. The maximum Gasteiger partial charge on any atom is 0.189 e. The zero-order valence-electron chi connectivity index (χ0n) is 13.0. The lowest BCUT2D eigenvalue weighted by atomic mass is 9.52. The van der Waals surface area contributed by atoms with Crippen LogP contribution in [0.4, 0.5) is 0 Å². The van der Waals surface area contributed by atoms with Crippen molar-refractivity contribution in [3.63, 3.8) is 0 Å². The minimum absolute atomic E-state index is 0. The van der Waals surface area contributed by atoms with Crippen molar-refractivity contribution in [2.24, 2.45) is 23.5 Å². The standard InChI is InChI=1S/C18H25N3.ClH/c19-17(20)21(12-13-4-2-1-3-5-13)18-9-14-6-15(10-18)8-16(7-14)11-18;/h1-5,14-16H,6-12H2,(H3,19,20);1H. The van der Waals surface area contributed by atoms with Crippen LogP contribution >= 0.6 is 12.4 Å². The van der Waals surface area contributed by atoms with Crippen LogP contribution in [0.3, 0.4) is 0 Å². The summed E-state index contributed by atoms with van der Waals surface area (Å²) in [7, 11) is 0. The quantitative estimate of drug-likeness (QED) is 0.658. The summed E-state index contributed by atoms with van der Waals surface area (Å²) < 4.78 is 0. The van der Waals surface area contributed by atoms with Crippen LogP contribution < -0.4 is 5.73 Å². The maximum atomic E-state index is 8.14. The lowest BCUT2D eigenvalue weighted by molar-refractivity contribution is -0.0655. The fourth-order valence-corrected chi connectivity index (χ4v) is 5.67. The maximum absolute atomic E-state index is 8.14. The smallest absolute Gasteiger partial charge is 0.189 e. The van der Waals surface area contributed by atoms with Gasteiger partial charge < -0.3 is 10.6 Å². The first-order valence-electron chi connectivity index (χ1n) is 8.30. The van der Waals surface area contributed by atoms with Crippen molar-refractivity contribution in [1.29, 1.82) is 5.41 Å². The molecule has 0 unspecified atom stereocenters. The largest absolute Gasteiger partial charge is 0.370 e. The molecule has 0 amide bonds. The highest BCUT2D eigenvalue weighted by atomic mass is 35.5. The Bertz CT molecular complexity index is 507. The van der Waals surface area contributed by atoms with Crippen LogP contribution in [0.25, 0.3) is 0 Å². The normalized spacial score (nSPS) is 35.0. The molecule has 0 aromatic heterocycles. The Labute approximate surface area is 139 Å². The van der Waals surface area contributed by atoms with Crippen molar-refractivity contribution in [1.82, 2.24) is 4.90 Å². The number of nitrogens with two attached hydrogens (primary N) is 1. The molecule has 0 radical (unpaired) electrons. The fourth-order valence-electron chi connectivity index (χ4n) is 5.67. The first-order valence-corrected chi connectivity index (χ1v) is 8.30. The Hall–Kier alpha value is -1.22. The van der Waals surface area contributed by atoms with Crippen LogP contribution in [0.1, 0.15) is 44.1 Å². The topological polar surface area (TPSA) is 53.1 Å². The molecule has 1 aromatic carbocycles. The molecule has 4 heteroatoms. The Morgan fingerprint density at radius 3 is 2.00 bits per heavy atom. The zero-order valence-corrected chi connectivity index (χ0v) is 13.8. The van der Waals surface area contributed by atoms with E-state index >= 15 is 0 Å². The molecule has 4 bridgehead atoms. The van der Waals surface area contributed by atoms with Gasteiger partial charge in [0.1, 0.15) is 0 Å². The van der Waals surface area contributed by atoms with Crippen molar-refractivity contribution in [3.05, 3.63) is 35.9 Å². The number of nitrogens with one attached hydrogen (secondary N) is 1. The number of benzene rings is 1. The summed E-state index contributed by atoms with van der Waals surface area (Å²) in [6.45, 7) is 0.794. The third-order valence-corrected chi connectivity index (χ3v) is 6.05. The average molecular weight is 320 g/mol. The lowest BCUT2D eigenvalue weighted by Crippen LogP contribution is -2.62. The molecule has 1 aromatic rings. The van der Waals surface area contributed by atoms with Gasteiger partial charge in [0.25, 0.3) is 0 Å². The highest BCUT2D eigenvalue weighted by Crippen LogP contribution is 2.57. The van der Waals surface area contributed by atoms with E-state index in [0.29, 0.717) is 0 Å². The van der Waals surface area contributed by atoms with Crippen LogP contribution in [0.2, 0.25) is 0 Å². The monoisotopic (exact) mass is 319 g/mol. The van der Waals surface area contributed by atoms with E-state index in [1.807, 2.05) is 6.07 Å². The molecule has 4 aliphatic rings. The van der Waals surface area contributed by atoms with E-state index in [9.17, 15) is 0 Å². The Morgan fingerprint density at radius 1 is 1.05 bits per heavy atom. The molecule has 4 fully saturated rings. The molecule has 3 N–H and O–H groups in total. The number of hydrogen-bond acceptors (Lipinski definition) is 1. The molecule has 4 saturated carbocycles. The second-order valence-electron chi connectivity index (χ2n) is 7.60. The molecular formula is C18H26ClN3. The second-order valence-corrected chi connectivity index (χ2v) is 7.60. The zero-order chi connectivity index (χ0) is 14.4. The molecule has 5 rings (SSSR count). The summed E-state index contributed by atoms with van der Waals surface area (Å²) in [5.41, 5.74) is 7.46. The van der Waals surface area contributed by atoms with Crippen molar-refractivity contribution in [2.45, 2.75) is 50.6 Å². The number of halogens is 1. The fraction of sp³-hybridized carbons (Fsp3) is 0.611. The summed E-state index contributed by atoms with van der Waals surface area (Å²) in [6.07, 6.45) is 8.05. The van der Waals surface area contributed by atoms with Gasteiger partial charge in [-0.3, -0.25) is 5.41 Å². The van der Waals surface area contributed by atoms with Gasteiger partial charge in [-0.1, -0.05) is 30.3 Å². The molecule has 0 atom stereocenters. The van der Waals surface area contributed by atoms with Crippen molar-refractivity contribution in [2.75, 3.05) is 0 Å². The van der Waals surface area contributed by atoms with E-state index in [-0.39, 0.29) is 23.9 Å². The average Bonchev–Trinajstić information content (AvgIpc) is 2.44. The predicted octanol–water partition coefficient (Wildman–Crippen LogP) is 3.77. The number of rotatable bonds is 3. The first kappa shape index (κ1) is 15.7. The highest BCUT2D eigenvalue weighted by molar-refractivity contribution is 5.85. The van der Waals surface area contributed by atoms with Gasteiger partial charge in [-0.15, -0.1) is 12.4 Å². The Kier molecular flexibility index (Phi) is 4.11. The third kappa shape index (κ3) is 2.60. The van der Waals surface area contributed by atoms with E-state index in [2.05, 4.69) is 29.2 Å². The molecular weight excluding hydrogens is 294 g/mol. The summed E-state index contributed by atoms with van der Waals surface area (Å²) in [4.78, 5) is 2.23. The van der Waals surface area contributed by atoms with Crippen LogP contribution in [-0.2, 0) is 6.54 Å². The van der Waals surface area contributed by atoms with E-state index < -0.39 is 0 Å². The third-order valence-electron chi connectivity index (χ3n) is 6.05. The van der Waals surface area contributed by atoms with Crippen molar-refractivity contribution >= 4 is 18.4 Å². The van der Waals surface area contributed by atoms with Gasteiger partial charge in [-0.2, -0.15) is 0 Å². The van der Waals surface area contributed by atoms with Gasteiger partial charge in [0.05, 0.1) is 0 Å². The second kappa shape index (κ2) is 5.77. The molecule has 22 heavy (non-hydrogen) atoms. The molecule has 0 saturated heterocycles. The molecule has 0 spiro atoms. The predicted molar refractivity (Wildman–Crippen MR) is 92.1 cm³/mol. The molecule has 120 valence electrons. The molecule has 0 heterocycles. The van der Waals surface area contributed by atoms with Crippen LogP contribution in [0.15, 0.2) is 30.3 Å². The van der Waals surface area contributed by atoms with Gasteiger partial charge in [0.2, 0.25) is 0 Å². The van der Waals surface area contributed by atoms with Gasteiger partial charge in [-0.25, -0.2) is 0 Å². The first-order chi connectivity index (χ1) is 10.1. The summed E-state index contributed by atoms with van der Waals surface area (Å²) in [6, 6.07) is 10.5. The van der Waals surface area contributed by atoms with Crippen LogP contribution in [0, 0.1) is 23.2 Å². The van der Waals surface area contributed by atoms with Gasteiger partial charge in [0, 0.05) is 12.1 Å². The Balaban J connectivity index is 0.00000144. The van der Waals surface area contributed by atoms with Gasteiger partial charge in [0.15, 0.2) is 5.96 Å². The highest BCUT2D eigenvalue weighted by Gasteiger charge is 2.53. The number of guanidine groups is 1. The van der Waals surface area contributed by atoms with Gasteiger partial charge in [-0.05, 0) is 61.8 Å². The minimum Gasteiger partial charge on any atom is -0.370 e. The SMILES string of the molecule is Cl.N=C(N)N(Cc1ccccc1)C12CC3CC(CC(C3)C1)C2. The van der Waals surface area contributed by atoms with Crippen molar-refractivity contribution in [3.8, 4) is 0 Å². The van der Waals surface area contributed by atoms with E-state index in [1.54, 1.807) is 0 Å². The summed E-state index contributed by atoms with van der Waals surface area (Å²) in [5, 5.41) is 8.14. The van der Waals surface area contributed by atoms with E-state index in [0.717, 1.165) is 24.3 Å². The van der Waals surface area contributed by atoms with E-state index in [1.165, 1.54) is 44.1 Å². The minimum atomic E-state index is 0. The van der Waals surface area contributed by atoms with Gasteiger partial charge >= 0.3 is 0 Å². The molecule has 0 aliphatic heterocycles. The summed E-state index contributed by atoms with van der Waals surface area (Å²) in [5.74, 6) is 2.91. The van der Waals surface area contributed by atoms with Crippen molar-refractivity contribution < 1.29 is 0 Å². The number of hydrogen-bond donors (Lipinski definition) is 2. The summed E-state index contributed by atoms with van der Waals surface area (Å²) >= 11 is 0.